The Morgan fingerprint density at radius 2 is 1.19 bits per heavy atom. The molecule has 6 rings (SSSR count). The van der Waals surface area contributed by atoms with Crippen molar-refractivity contribution < 1.29 is 0 Å². The van der Waals surface area contributed by atoms with Crippen LogP contribution in [0.25, 0.3) is 49.3 Å². The van der Waals surface area contributed by atoms with Gasteiger partial charge in [0.25, 0.3) is 0 Å². The lowest BCUT2D eigenvalue weighted by Crippen LogP contribution is -2.28. The third kappa shape index (κ3) is 3.54. The normalized spacial score (nSPS) is 13.8. The van der Waals surface area contributed by atoms with Crippen LogP contribution in [0.1, 0.15) is 54.0 Å². The van der Waals surface area contributed by atoms with Gasteiger partial charge in [0.1, 0.15) is 0 Å². The van der Waals surface area contributed by atoms with Crippen LogP contribution in [-0.4, -0.2) is 9.13 Å². The monoisotopic (exact) mass is 472 g/mol. The predicted octanol–water partition coefficient (Wildman–Crippen LogP) is 9.91. The molecule has 0 N–H and O–H groups in total. The molecule has 0 saturated heterocycles. The fourth-order valence-corrected chi connectivity index (χ4v) is 6.09. The summed E-state index contributed by atoms with van der Waals surface area (Å²) in [5.74, 6) is 0. The lowest BCUT2D eigenvalue weighted by Gasteiger charge is -2.38. The molecule has 2 heteroatoms. The van der Waals surface area contributed by atoms with E-state index in [0.717, 1.165) is 6.42 Å². The summed E-state index contributed by atoms with van der Waals surface area (Å²) in [6, 6.07) is 33.7. The van der Waals surface area contributed by atoms with Crippen LogP contribution in [0.15, 0.2) is 91.0 Å². The molecule has 0 fully saturated rings. The summed E-state index contributed by atoms with van der Waals surface area (Å²) in [7, 11) is 0. The fraction of sp³-hybridized carbons (Fsp3) is 0.294. The van der Waals surface area contributed by atoms with Gasteiger partial charge in [-0.3, -0.25) is 0 Å². The predicted molar refractivity (Wildman–Crippen MR) is 156 cm³/mol. The summed E-state index contributed by atoms with van der Waals surface area (Å²) in [6.45, 7) is 14.3. The highest BCUT2D eigenvalue weighted by atomic mass is 15.0. The van der Waals surface area contributed by atoms with Crippen molar-refractivity contribution in [1.82, 2.24) is 9.13 Å². The molecule has 1 unspecified atom stereocenters. The van der Waals surface area contributed by atoms with Gasteiger partial charge in [-0.1, -0.05) is 102 Å². The van der Waals surface area contributed by atoms with E-state index in [2.05, 4.69) is 142 Å². The number of hydrogen-bond acceptors (Lipinski definition) is 0. The van der Waals surface area contributed by atoms with Gasteiger partial charge in [0.15, 0.2) is 0 Å². The molecule has 0 amide bonds. The number of para-hydroxylation sites is 3. The van der Waals surface area contributed by atoms with Gasteiger partial charge in [0.05, 0.1) is 16.6 Å². The van der Waals surface area contributed by atoms with E-state index in [1.54, 1.807) is 0 Å². The molecule has 0 aliphatic carbocycles. The Labute approximate surface area is 214 Å². The van der Waals surface area contributed by atoms with Gasteiger partial charge in [-0.15, -0.1) is 0 Å². The van der Waals surface area contributed by atoms with Crippen LogP contribution in [0.5, 0.6) is 0 Å². The topological polar surface area (TPSA) is 9.86 Å². The van der Waals surface area contributed by atoms with E-state index < -0.39 is 0 Å². The van der Waals surface area contributed by atoms with Crippen LogP contribution in [0.4, 0.5) is 0 Å². The summed E-state index contributed by atoms with van der Waals surface area (Å²) in [5, 5.41) is 5.35. The number of fused-ring (bicyclic) bond motifs is 7. The molecule has 6 aromatic rings. The second-order valence-electron chi connectivity index (χ2n) is 12.6. The van der Waals surface area contributed by atoms with Crippen molar-refractivity contribution in [3.05, 3.63) is 91.0 Å². The van der Waals surface area contributed by atoms with E-state index in [1.807, 2.05) is 0 Å². The van der Waals surface area contributed by atoms with Crippen LogP contribution < -0.4 is 0 Å². The molecule has 36 heavy (non-hydrogen) atoms. The summed E-state index contributed by atoms with van der Waals surface area (Å²) in [5.41, 5.74) is 6.73. The van der Waals surface area contributed by atoms with Gasteiger partial charge in [0, 0.05) is 38.8 Å². The second kappa shape index (κ2) is 8.00. The van der Waals surface area contributed by atoms with E-state index in [4.69, 9.17) is 0 Å². The minimum atomic E-state index is 0.0992. The largest absolute Gasteiger partial charge is 0.336 e. The maximum absolute atomic E-state index is 2.69. The van der Waals surface area contributed by atoms with Crippen molar-refractivity contribution in [1.29, 1.82) is 0 Å². The van der Waals surface area contributed by atoms with Crippen molar-refractivity contribution in [2.75, 3.05) is 0 Å². The SMILES string of the molecule is CC(C)(C)CC(n1c2ccccc2c2ccc3c(c4ccccc4n3-c3ccccc3)c21)C(C)(C)C. The molecule has 0 bridgehead atoms. The Kier molecular flexibility index (Phi) is 5.09. The lowest BCUT2D eigenvalue weighted by atomic mass is 9.76. The number of rotatable bonds is 3. The van der Waals surface area contributed by atoms with Crippen LogP contribution in [0.2, 0.25) is 0 Å². The van der Waals surface area contributed by atoms with E-state index in [-0.39, 0.29) is 10.8 Å². The Hall–Kier alpha value is -3.52. The van der Waals surface area contributed by atoms with Gasteiger partial charge >= 0.3 is 0 Å². The fourth-order valence-electron chi connectivity index (χ4n) is 6.09. The number of nitrogens with zero attached hydrogens (tertiary/aromatic N) is 2. The van der Waals surface area contributed by atoms with Crippen molar-refractivity contribution in [2.24, 2.45) is 10.8 Å². The van der Waals surface area contributed by atoms with E-state index in [0.29, 0.717) is 6.04 Å². The van der Waals surface area contributed by atoms with Gasteiger partial charge in [-0.25, -0.2) is 0 Å². The molecule has 1 atom stereocenters. The van der Waals surface area contributed by atoms with E-state index in [1.165, 1.54) is 49.3 Å². The molecule has 0 aliphatic rings. The summed E-state index contributed by atoms with van der Waals surface area (Å²) in [4.78, 5) is 0. The Balaban J connectivity index is 1.85. The first-order valence-corrected chi connectivity index (χ1v) is 13.2. The highest BCUT2D eigenvalue weighted by Gasteiger charge is 2.33. The smallest absolute Gasteiger partial charge is 0.0595 e. The van der Waals surface area contributed by atoms with Crippen molar-refractivity contribution in [3.63, 3.8) is 0 Å². The highest BCUT2D eigenvalue weighted by Crippen LogP contribution is 2.47. The third-order valence-electron chi connectivity index (χ3n) is 7.64. The highest BCUT2D eigenvalue weighted by molar-refractivity contribution is 6.25. The van der Waals surface area contributed by atoms with Crippen LogP contribution in [0.3, 0.4) is 0 Å². The zero-order valence-electron chi connectivity index (χ0n) is 22.3. The zero-order chi connectivity index (χ0) is 25.2. The van der Waals surface area contributed by atoms with Gasteiger partial charge < -0.3 is 9.13 Å². The first-order chi connectivity index (χ1) is 17.1. The van der Waals surface area contributed by atoms with Crippen LogP contribution in [0, 0.1) is 10.8 Å². The molecule has 0 spiro atoms. The molecule has 2 aromatic heterocycles. The molecule has 0 aliphatic heterocycles. The third-order valence-corrected chi connectivity index (χ3v) is 7.64. The molecular formula is C34H36N2. The first-order valence-electron chi connectivity index (χ1n) is 13.2. The van der Waals surface area contributed by atoms with Gasteiger partial charge in [0.2, 0.25) is 0 Å². The van der Waals surface area contributed by atoms with Crippen molar-refractivity contribution >= 4 is 43.6 Å². The lowest BCUT2D eigenvalue weighted by molar-refractivity contribution is 0.178. The molecule has 2 nitrogen and oxygen atoms in total. The average Bonchev–Trinajstić information content (AvgIpc) is 3.35. The summed E-state index contributed by atoms with van der Waals surface area (Å²) < 4.78 is 5.13. The number of hydrogen-bond donors (Lipinski definition) is 0. The molecule has 4 aromatic carbocycles. The zero-order valence-corrected chi connectivity index (χ0v) is 22.3. The van der Waals surface area contributed by atoms with Crippen molar-refractivity contribution in [2.45, 2.75) is 54.0 Å². The molecular weight excluding hydrogens is 436 g/mol. The van der Waals surface area contributed by atoms with Crippen molar-refractivity contribution in [3.8, 4) is 5.69 Å². The Bertz CT molecular complexity index is 1720. The second-order valence-corrected chi connectivity index (χ2v) is 12.6. The van der Waals surface area contributed by atoms with Crippen LogP contribution >= 0.6 is 0 Å². The maximum Gasteiger partial charge on any atom is 0.0595 e. The van der Waals surface area contributed by atoms with E-state index >= 15 is 0 Å². The summed E-state index contributed by atoms with van der Waals surface area (Å²) >= 11 is 0. The molecule has 0 radical (unpaired) electrons. The number of benzene rings is 4. The van der Waals surface area contributed by atoms with E-state index in [9.17, 15) is 0 Å². The minimum absolute atomic E-state index is 0.0992. The first kappa shape index (κ1) is 22.9. The minimum Gasteiger partial charge on any atom is -0.336 e. The maximum atomic E-state index is 2.69. The van der Waals surface area contributed by atoms with Crippen LogP contribution in [-0.2, 0) is 0 Å². The molecule has 2 heterocycles. The molecule has 182 valence electrons. The molecule has 0 saturated carbocycles. The Morgan fingerprint density at radius 3 is 1.86 bits per heavy atom. The quantitative estimate of drug-likeness (QED) is 0.242. The standard InChI is InChI=1S/C34H36N2/c1-33(2,3)22-30(34(4,5)6)36-27-18-12-10-16-24(27)25-20-21-29-31(32(25)36)26-17-11-13-19-28(26)35(29)23-14-8-7-9-15-23/h7-21,30H,22H2,1-6H3. The Morgan fingerprint density at radius 1 is 0.583 bits per heavy atom. The number of aromatic nitrogens is 2. The van der Waals surface area contributed by atoms with Gasteiger partial charge in [-0.2, -0.15) is 0 Å². The average molecular weight is 473 g/mol. The summed E-state index contributed by atoms with van der Waals surface area (Å²) in [6.07, 6.45) is 1.11. The van der Waals surface area contributed by atoms with Gasteiger partial charge in [-0.05, 0) is 47.6 Å².